The molecule has 5 heteroatoms. The zero-order chi connectivity index (χ0) is 14.8. The largest absolute Gasteiger partial charge is 0.481 e. The fourth-order valence-electron chi connectivity index (χ4n) is 3.63. The molecule has 2 aliphatic rings. The van der Waals surface area contributed by atoms with Crippen LogP contribution in [0.2, 0.25) is 0 Å². The Labute approximate surface area is 128 Å². The molecule has 2 atom stereocenters. The van der Waals surface area contributed by atoms with Crippen molar-refractivity contribution in [1.29, 1.82) is 0 Å². The van der Waals surface area contributed by atoms with Gasteiger partial charge in [0.2, 0.25) is 5.91 Å². The van der Waals surface area contributed by atoms with E-state index in [1.807, 2.05) is 4.90 Å². The van der Waals surface area contributed by atoms with Gasteiger partial charge in [-0.25, -0.2) is 0 Å². The molecule has 0 bridgehead atoms. The number of hydrogen-bond donors (Lipinski definition) is 1. The predicted octanol–water partition coefficient (Wildman–Crippen LogP) is 2.96. The van der Waals surface area contributed by atoms with Gasteiger partial charge in [-0.05, 0) is 60.4 Å². The summed E-state index contributed by atoms with van der Waals surface area (Å²) in [7, 11) is 0. The Hall–Kier alpha value is -1.36. The van der Waals surface area contributed by atoms with Crippen LogP contribution in [0.5, 0.6) is 0 Å². The highest BCUT2D eigenvalue weighted by Crippen LogP contribution is 2.35. The number of hydrogen-bond acceptors (Lipinski definition) is 3. The molecule has 2 heterocycles. The number of amides is 1. The monoisotopic (exact) mass is 307 g/mol. The molecular weight excluding hydrogens is 286 g/mol. The molecule has 0 spiro atoms. The predicted molar refractivity (Wildman–Crippen MR) is 81.3 cm³/mol. The molecule has 1 saturated heterocycles. The van der Waals surface area contributed by atoms with Crippen molar-refractivity contribution in [1.82, 2.24) is 4.90 Å². The Morgan fingerprint density at radius 3 is 2.43 bits per heavy atom. The van der Waals surface area contributed by atoms with E-state index in [9.17, 15) is 9.59 Å². The number of carboxylic acids is 1. The lowest BCUT2D eigenvalue weighted by Gasteiger charge is -2.33. The highest BCUT2D eigenvalue weighted by atomic mass is 32.1. The van der Waals surface area contributed by atoms with Crippen LogP contribution in [0.15, 0.2) is 16.8 Å². The van der Waals surface area contributed by atoms with Crippen molar-refractivity contribution in [2.75, 3.05) is 13.1 Å². The lowest BCUT2D eigenvalue weighted by molar-refractivity contribution is -0.141. The number of nitrogens with zero attached hydrogens (tertiary/aromatic N) is 1. The van der Waals surface area contributed by atoms with Crippen molar-refractivity contribution in [2.45, 2.75) is 38.0 Å². The zero-order valence-corrected chi connectivity index (χ0v) is 12.8. The van der Waals surface area contributed by atoms with Gasteiger partial charge in [-0.3, -0.25) is 9.59 Å². The molecule has 21 heavy (non-hydrogen) atoms. The molecule has 4 nitrogen and oxygen atoms in total. The number of piperidine rings is 1. The van der Waals surface area contributed by atoms with Crippen molar-refractivity contribution in [3.63, 3.8) is 0 Å². The second-order valence-electron chi connectivity index (χ2n) is 6.20. The maximum absolute atomic E-state index is 12.5. The number of carbonyl (C=O) groups is 2. The molecule has 114 valence electrons. The Morgan fingerprint density at radius 2 is 1.86 bits per heavy atom. The number of carboxylic acid groups (broad SMARTS) is 1. The van der Waals surface area contributed by atoms with Gasteiger partial charge in [0.25, 0.3) is 0 Å². The minimum absolute atomic E-state index is 0.0659. The first-order valence-electron chi connectivity index (χ1n) is 7.69. The highest BCUT2D eigenvalue weighted by Gasteiger charge is 2.36. The fraction of sp³-hybridized carbons (Fsp3) is 0.625. The molecule has 1 N–H and O–H groups in total. The van der Waals surface area contributed by atoms with Crippen LogP contribution in [-0.4, -0.2) is 35.0 Å². The first-order chi connectivity index (χ1) is 10.1. The van der Waals surface area contributed by atoms with Gasteiger partial charge < -0.3 is 10.0 Å². The summed E-state index contributed by atoms with van der Waals surface area (Å²) < 4.78 is 0. The summed E-state index contributed by atoms with van der Waals surface area (Å²) in [6.07, 6.45) is 3.96. The van der Waals surface area contributed by atoms with E-state index in [1.54, 1.807) is 11.3 Å². The number of rotatable bonds is 3. The van der Waals surface area contributed by atoms with Crippen molar-refractivity contribution < 1.29 is 14.7 Å². The molecule has 1 aromatic heterocycles. The summed E-state index contributed by atoms with van der Waals surface area (Å²) >= 11 is 1.73. The van der Waals surface area contributed by atoms with Crippen molar-refractivity contribution >= 4 is 23.2 Å². The molecule has 0 unspecified atom stereocenters. The minimum Gasteiger partial charge on any atom is -0.481 e. The van der Waals surface area contributed by atoms with E-state index in [0.717, 1.165) is 32.4 Å². The van der Waals surface area contributed by atoms with E-state index in [1.165, 1.54) is 5.56 Å². The zero-order valence-electron chi connectivity index (χ0n) is 12.0. The van der Waals surface area contributed by atoms with E-state index < -0.39 is 5.97 Å². The maximum atomic E-state index is 12.5. The van der Waals surface area contributed by atoms with Crippen LogP contribution in [0.1, 0.15) is 43.6 Å². The van der Waals surface area contributed by atoms with Crippen molar-refractivity contribution in [3.05, 3.63) is 22.4 Å². The summed E-state index contributed by atoms with van der Waals surface area (Å²) in [6, 6.07) is 2.18. The molecule has 2 fully saturated rings. The Bertz CT molecular complexity index is 506. The molecule has 3 rings (SSSR count). The second kappa shape index (κ2) is 6.18. The molecule has 1 aliphatic heterocycles. The quantitative estimate of drug-likeness (QED) is 0.934. The summed E-state index contributed by atoms with van der Waals surface area (Å²) in [5, 5.41) is 13.4. The van der Waals surface area contributed by atoms with Crippen LogP contribution in [0.25, 0.3) is 0 Å². The first kappa shape index (κ1) is 14.6. The van der Waals surface area contributed by atoms with Crippen LogP contribution in [0.3, 0.4) is 0 Å². The van der Waals surface area contributed by atoms with Gasteiger partial charge in [-0.2, -0.15) is 11.3 Å². The van der Waals surface area contributed by atoms with Crippen LogP contribution in [0, 0.1) is 11.8 Å². The minimum atomic E-state index is -0.749. The Kier molecular flexibility index (Phi) is 4.29. The fourth-order valence-corrected chi connectivity index (χ4v) is 4.37. The lowest BCUT2D eigenvalue weighted by Crippen LogP contribution is -2.40. The molecule has 0 radical (unpaired) electrons. The van der Waals surface area contributed by atoms with E-state index in [2.05, 4.69) is 16.8 Å². The number of thiophene rings is 1. The Morgan fingerprint density at radius 1 is 1.14 bits per heavy atom. The molecule has 1 saturated carbocycles. The second-order valence-corrected chi connectivity index (χ2v) is 6.98. The van der Waals surface area contributed by atoms with Gasteiger partial charge in [0.15, 0.2) is 0 Å². The van der Waals surface area contributed by atoms with Gasteiger partial charge in [0.05, 0.1) is 5.92 Å². The molecule has 0 aromatic carbocycles. The lowest BCUT2D eigenvalue weighted by atomic mass is 9.90. The van der Waals surface area contributed by atoms with Gasteiger partial charge in [0.1, 0.15) is 0 Å². The van der Waals surface area contributed by atoms with Gasteiger partial charge in [0, 0.05) is 19.0 Å². The topological polar surface area (TPSA) is 57.6 Å². The number of likely N-dealkylation sites (tertiary alicyclic amines) is 1. The smallest absolute Gasteiger partial charge is 0.306 e. The van der Waals surface area contributed by atoms with E-state index >= 15 is 0 Å². The van der Waals surface area contributed by atoms with Crippen LogP contribution in [-0.2, 0) is 9.59 Å². The molecular formula is C16H21NO3S. The number of aliphatic carboxylic acids is 1. The third kappa shape index (κ3) is 3.12. The first-order valence-corrected chi connectivity index (χ1v) is 8.63. The van der Waals surface area contributed by atoms with Crippen LogP contribution >= 0.6 is 11.3 Å². The standard InChI is InChI=1S/C16H21NO3S/c18-15(12-1-2-13(9-12)16(19)20)17-6-3-11(4-7-17)14-5-8-21-10-14/h5,8,10-13H,1-4,6-7,9H2,(H,19,20)/t12-,13+/m0/s1. The van der Waals surface area contributed by atoms with Gasteiger partial charge >= 0.3 is 5.97 Å². The van der Waals surface area contributed by atoms with E-state index in [-0.39, 0.29) is 17.7 Å². The van der Waals surface area contributed by atoms with Crippen molar-refractivity contribution in [3.8, 4) is 0 Å². The third-order valence-corrected chi connectivity index (χ3v) is 5.65. The van der Waals surface area contributed by atoms with Gasteiger partial charge in [-0.1, -0.05) is 0 Å². The Balaban J connectivity index is 1.52. The van der Waals surface area contributed by atoms with E-state index in [4.69, 9.17) is 5.11 Å². The normalized spacial score (nSPS) is 27.0. The molecule has 1 amide bonds. The van der Waals surface area contributed by atoms with E-state index in [0.29, 0.717) is 18.8 Å². The SMILES string of the molecule is O=C(O)[C@@H]1CC[C@H](C(=O)N2CCC(c3ccsc3)CC2)C1. The average molecular weight is 307 g/mol. The molecule has 1 aromatic rings. The third-order valence-electron chi connectivity index (χ3n) is 4.95. The summed E-state index contributed by atoms with van der Waals surface area (Å²) in [4.78, 5) is 25.4. The summed E-state index contributed by atoms with van der Waals surface area (Å²) in [6.45, 7) is 1.63. The van der Waals surface area contributed by atoms with Crippen molar-refractivity contribution in [2.24, 2.45) is 11.8 Å². The molecule has 1 aliphatic carbocycles. The van der Waals surface area contributed by atoms with Crippen LogP contribution in [0.4, 0.5) is 0 Å². The van der Waals surface area contributed by atoms with Gasteiger partial charge in [-0.15, -0.1) is 0 Å². The average Bonchev–Trinajstić information content (AvgIpc) is 3.18. The number of carbonyl (C=O) groups excluding carboxylic acids is 1. The highest BCUT2D eigenvalue weighted by molar-refractivity contribution is 7.07. The van der Waals surface area contributed by atoms with Crippen LogP contribution < -0.4 is 0 Å². The summed E-state index contributed by atoms with van der Waals surface area (Å²) in [5.74, 6) is -0.370. The maximum Gasteiger partial charge on any atom is 0.306 e. The summed E-state index contributed by atoms with van der Waals surface area (Å²) in [5.41, 5.74) is 1.40.